The molecule has 0 radical (unpaired) electrons. The molecule has 1 unspecified atom stereocenters. The van der Waals surface area contributed by atoms with Crippen LogP contribution in [0.15, 0.2) is 46.0 Å². The predicted molar refractivity (Wildman–Crippen MR) is 98.8 cm³/mol. The summed E-state index contributed by atoms with van der Waals surface area (Å²) < 4.78 is 10.5. The fourth-order valence-corrected chi connectivity index (χ4v) is 7.31. The number of carbonyl (C=O) groups is 2. The topological polar surface area (TPSA) is 72.5 Å². The van der Waals surface area contributed by atoms with Crippen LogP contribution in [-0.2, 0) is 10.3 Å². The number of nitrogens with zero attached hydrogens (tertiary/aromatic N) is 1. The molecule has 4 aliphatic carbocycles. The lowest BCUT2D eigenvalue weighted by molar-refractivity contribution is -0.816. The Morgan fingerprint density at radius 3 is 1.86 bits per heavy atom. The molecule has 1 aliphatic heterocycles. The molecule has 1 saturated heterocycles. The van der Waals surface area contributed by atoms with E-state index in [0.717, 1.165) is 19.3 Å². The minimum atomic E-state index is -1.25. The zero-order chi connectivity index (χ0) is 19.1. The highest BCUT2D eigenvalue weighted by molar-refractivity contribution is 6.01. The summed E-state index contributed by atoms with van der Waals surface area (Å²) >= 11 is 0. The van der Waals surface area contributed by atoms with Crippen molar-refractivity contribution in [3.63, 3.8) is 0 Å². The summed E-state index contributed by atoms with van der Waals surface area (Å²) in [6.45, 7) is 0. The minimum Gasteiger partial charge on any atom is -0.472 e. The summed E-state index contributed by atoms with van der Waals surface area (Å²) in [5.74, 6) is 1.85. The number of rotatable bonds is 3. The van der Waals surface area contributed by atoms with Crippen LogP contribution in [0, 0.1) is 17.8 Å². The number of furan rings is 2. The van der Waals surface area contributed by atoms with Crippen LogP contribution in [0.1, 0.15) is 49.7 Å². The number of quaternary nitrogens is 1. The van der Waals surface area contributed by atoms with Crippen LogP contribution in [0.3, 0.4) is 0 Å². The van der Waals surface area contributed by atoms with E-state index < -0.39 is 5.54 Å². The van der Waals surface area contributed by atoms with E-state index in [0.29, 0.717) is 28.9 Å². The predicted octanol–water partition coefficient (Wildman–Crippen LogP) is 3.78. The van der Waals surface area contributed by atoms with Crippen molar-refractivity contribution in [3.05, 3.63) is 48.3 Å². The Hall–Kier alpha value is -2.34. The van der Waals surface area contributed by atoms with E-state index in [1.54, 1.807) is 37.2 Å². The van der Waals surface area contributed by atoms with Gasteiger partial charge < -0.3 is 8.83 Å². The number of carbonyl (C=O) groups excluding carboxylic acids is 2. The second-order valence-corrected chi connectivity index (χ2v) is 9.66. The number of amides is 3. The molecule has 28 heavy (non-hydrogen) atoms. The molecule has 6 nitrogen and oxygen atoms in total. The summed E-state index contributed by atoms with van der Waals surface area (Å²) in [7, 11) is 1.85. The minimum absolute atomic E-state index is 0.109. The molecule has 4 saturated carbocycles. The number of urea groups is 1. The van der Waals surface area contributed by atoms with Gasteiger partial charge in [-0.15, -0.1) is 0 Å². The Balaban J connectivity index is 1.53. The van der Waals surface area contributed by atoms with E-state index in [1.807, 2.05) is 7.05 Å². The highest BCUT2D eigenvalue weighted by atomic mass is 16.3. The highest BCUT2D eigenvalue weighted by Crippen LogP contribution is 2.61. The largest absolute Gasteiger partial charge is 0.472 e. The second kappa shape index (κ2) is 5.17. The summed E-state index contributed by atoms with van der Waals surface area (Å²) in [6, 6.07) is 3.33. The molecule has 6 heteroatoms. The first kappa shape index (κ1) is 16.6. The van der Waals surface area contributed by atoms with Crippen LogP contribution in [0.4, 0.5) is 4.79 Å². The zero-order valence-electron chi connectivity index (χ0n) is 16.0. The molecule has 7 rings (SSSR count). The van der Waals surface area contributed by atoms with E-state index in [-0.39, 0.29) is 22.0 Å². The lowest BCUT2D eigenvalue weighted by Gasteiger charge is -2.59. The van der Waals surface area contributed by atoms with Gasteiger partial charge in [-0.05, 0) is 49.1 Å². The molecule has 5 aliphatic rings. The van der Waals surface area contributed by atoms with Crippen LogP contribution in [-0.4, -0.2) is 29.0 Å². The van der Waals surface area contributed by atoms with Crippen molar-refractivity contribution < 1.29 is 22.9 Å². The van der Waals surface area contributed by atoms with Crippen molar-refractivity contribution in [2.45, 2.75) is 49.6 Å². The quantitative estimate of drug-likeness (QED) is 0.649. The summed E-state index contributed by atoms with van der Waals surface area (Å²) in [5.41, 5.74) is -0.238. The summed E-state index contributed by atoms with van der Waals surface area (Å²) in [5, 5.41) is 3.10. The number of imide groups is 1. The maximum absolute atomic E-state index is 14.3. The molecule has 1 N–H and O–H groups in total. The van der Waals surface area contributed by atoms with Crippen molar-refractivity contribution in [1.82, 2.24) is 5.32 Å². The fourth-order valence-electron chi connectivity index (χ4n) is 7.31. The van der Waals surface area contributed by atoms with Gasteiger partial charge in [0.05, 0.1) is 32.1 Å². The lowest BCUT2D eigenvalue weighted by Crippen LogP contribution is -2.71. The lowest BCUT2D eigenvalue weighted by atomic mass is 9.52. The van der Waals surface area contributed by atoms with Crippen molar-refractivity contribution >= 4 is 11.9 Å². The van der Waals surface area contributed by atoms with Crippen LogP contribution in [0.25, 0.3) is 0 Å². The van der Waals surface area contributed by atoms with Gasteiger partial charge in [0, 0.05) is 30.4 Å². The van der Waals surface area contributed by atoms with Gasteiger partial charge in [0.15, 0.2) is 0 Å². The first-order valence-electron chi connectivity index (χ1n) is 10.3. The maximum atomic E-state index is 14.3. The average molecular weight is 381 g/mol. The Bertz CT molecular complexity index is 876. The molecule has 1 atom stereocenters. The van der Waals surface area contributed by atoms with Gasteiger partial charge in [-0.3, -0.25) is 5.32 Å². The third-order valence-electron chi connectivity index (χ3n) is 8.29. The Kier molecular flexibility index (Phi) is 3.07. The molecular formula is C22H25N2O4+. The monoisotopic (exact) mass is 381 g/mol. The van der Waals surface area contributed by atoms with E-state index in [4.69, 9.17) is 8.83 Å². The van der Waals surface area contributed by atoms with Gasteiger partial charge in [-0.2, -0.15) is 4.48 Å². The van der Waals surface area contributed by atoms with Gasteiger partial charge in [0.1, 0.15) is 5.54 Å². The van der Waals surface area contributed by atoms with Crippen molar-refractivity contribution in [3.8, 4) is 0 Å². The molecular weight excluding hydrogens is 356 g/mol. The average Bonchev–Trinajstić information content (AvgIpc) is 3.39. The molecule has 5 fully saturated rings. The van der Waals surface area contributed by atoms with Gasteiger partial charge in [-0.25, -0.2) is 9.59 Å². The van der Waals surface area contributed by atoms with Crippen LogP contribution < -0.4 is 5.32 Å². The van der Waals surface area contributed by atoms with E-state index in [2.05, 4.69) is 5.32 Å². The van der Waals surface area contributed by atoms with Crippen molar-refractivity contribution in [2.24, 2.45) is 17.8 Å². The van der Waals surface area contributed by atoms with Crippen molar-refractivity contribution in [1.29, 1.82) is 0 Å². The highest BCUT2D eigenvalue weighted by Gasteiger charge is 2.74. The standard InChI is InChI=1S/C22H24N2O4/c1-24(21-9-14-6-15(10-21)8-16(7-14)11-21)19(25)22(23-20(24)26,17-2-4-27-12-17)18-3-5-28-13-18/h2-5,12-16H,6-11H2,1H3/p+1. The third kappa shape index (κ3) is 1.78. The molecule has 0 aromatic carbocycles. The number of hydrogen-bond acceptors (Lipinski definition) is 4. The smallest absolute Gasteiger partial charge is 0.425 e. The van der Waals surface area contributed by atoms with Crippen LogP contribution >= 0.6 is 0 Å². The molecule has 146 valence electrons. The zero-order valence-corrected chi connectivity index (χ0v) is 16.0. The Labute approximate surface area is 163 Å². The van der Waals surface area contributed by atoms with E-state index >= 15 is 0 Å². The third-order valence-corrected chi connectivity index (χ3v) is 8.29. The second-order valence-electron chi connectivity index (χ2n) is 9.66. The molecule has 4 bridgehead atoms. The molecule has 0 spiro atoms. The number of likely N-dealkylation sites (N-methyl/N-ethyl adjacent to an activating group) is 1. The molecule has 2 aromatic rings. The Morgan fingerprint density at radius 1 is 0.929 bits per heavy atom. The first-order chi connectivity index (χ1) is 13.5. The maximum Gasteiger partial charge on any atom is 0.425 e. The van der Waals surface area contributed by atoms with Crippen LogP contribution in [0.5, 0.6) is 0 Å². The van der Waals surface area contributed by atoms with Gasteiger partial charge in [0.2, 0.25) is 5.54 Å². The normalized spacial score (nSPS) is 40.8. The van der Waals surface area contributed by atoms with E-state index in [9.17, 15) is 9.59 Å². The van der Waals surface area contributed by atoms with Crippen LogP contribution in [0.2, 0.25) is 0 Å². The number of nitrogens with one attached hydrogen (secondary N) is 1. The van der Waals surface area contributed by atoms with Gasteiger partial charge in [-0.1, -0.05) is 0 Å². The van der Waals surface area contributed by atoms with E-state index in [1.165, 1.54) is 19.3 Å². The Morgan fingerprint density at radius 2 is 1.43 bits per heavy atom. The fraction of sp³-hybridized carbons (Fsp3) is 0.545. The number of hydrogen-bond donors (Lipinski definition) is 1. The molecule has 3 heterocycles. The van der Waals surface area contributed by atoms with Crippen molar-refractivity contribution in [2.75, 3.05) is 7.05 Å². The van der Waals surface area contributed by atoms with Gasteiger partial charge >= 0.3 is 11.9 Å². The van der Waals surface area contributed by atoms with Gasteiger partial charge in [0.25, 0.3) is 0 Å². The summed E-state index contributed by atoms with van der Waals surface area (Å²) in [4.78, 5) is 27.9. The SMILES string of the molecule is C[N+]1(C23CC4CC(CC(C4)C2)C3)C(=O)NC(c2ccoc2)(c2ccoc2)C1=O. The summed E-state index contributed by atoms with van der Waals surface area (Å²) in [6.07, 6.45) is 12.9. The molecule has 3 amide bonds. The first-order valence-corrected chi connectivity index (χ1v) is 10.3. The molecule has 2 aromatic heterocycles.